The molecule has 0 spiro atoms. The number of amides is 1. The maximum Gasteiger partial charge on any atom is 0.224 e. The minimum Gasteiger partial charge on any atom is -0.398 e. The predicted molar refractivity (Wildman–Crippen MR) is 74.0 cm³/mol. The SMILES string of the molecule is Nc1cc2c(cc1Sc1nccs1)NC(=O)CC2. The molecular weight excluding hydrogens is 266 g/mol. The number of nitrogens with two attached hydrogens (primary N) is 1. The number of thiazole rings is 1. The number of nitrogens with one attached hydrogen (secondary N) is 1. The van der Waals surface area contributed by atoms with E-state index in [2.05, 4.69) is 10.3 Å². The zero-order valence-corrected chi connectivity index (χ0v) is 11.1. The number of nitrogens with zero attached hydrogens (tertiary/aromatic N) is 1. The molecule has 6 heteroatoms. The van der Waals surface area contributed by atoms with Crippen LogP contribution in [0.3, 0.4) is 0 Å². The molecule has 3 rings (SSSR count). The molecule has 0 saturated heterocycles. The van der Waals surface area contributed by atoms with Gasteiger partial charge in [0, 0.05) is 34.3 Å². The lowest BCUT2D eigenvalue weighted by molar-refractivity contribution is -0.116. The van der Waals surface area contributed by atoms with Gasteiger partial charge in [-0.25, -0.2) is 4.98 Å². The van der Waals surface area contributed by atoms with Crippen molar-refractivity contribution in [1.29, 1.82) is 0 Å². The van der Waals surface area contributed by atoms with E-state index in [-0.39, 0.29) is 5.91 Å². The lowest BCUT2D eigenvalue weighted by Gasteiger charge is -2.18. The molecule has 1 aromatic carbocycles. The topological polar surface area (TPSA) is 68.0 Å². The standard InChI is InChI=1S/C12H11N3OS2/c13-8-5-7-1-2-11(16)15-9(7)6-10(8)18-12-14-3-4-17-12/h3-6H,1-2,13H2,(H,15,16). The molecule has 2 heterocycles. The molecule has 0 unspecified atom stereocenters. The van der Waals surface area contributed by atoms with Crippen LogP contribution in [0.4, 0.5) is 11.4 Å². The minimum atomic E-state index is 0.0671. The molecular formula is C12H11N3OS2. The van der Waals surface area contributed by atoms with Crippen LogP contribution in [-0.4, -0.2) is 10.9 Å². The highest BCUT2D eigenvalue weighted by molar-refractivity contribution is 8.01. The quantitative estimate of drug-likeness (QED) is 0.828. The molecule has 3 N–H and O–H groups in total. The summed E-state index contributed by atoms with van der Waals surface area (Å²) < 4.78 is 0.948. The normalized spacial score (nSPS) is 14.1. The maximum atomic E-state index is 11.4. The van der Waals surface area contributed by atoms with Crippen LogP contribution in [0.25, 0.3) is 0 Å². The molecule has 0 atom stereocenters. The van der Waals surface area contributed by atoms with Gasteiger partial charge in [-0.05, 0) is 24.1 Å². The molecule has 2 aromatic rings. The number of anilines is 2. The lowest BCUT2D eigenvalue weighted by Crippen LogP contribution is -2.19. The third-order valence-electron chi connectivity index (χ3n) is 2.74. The first-order valence-corrected chi connectivity index (χ1v) is 7.21. The number of rotatable bonds is 2. The van der Waals surface area contributed by atoms with E-state index in [0.29, 0.717) is 6.42 Å². The summed E-state index contributed by atoms with van der Waals surface area (Å²) in [5.41, 5.74) is 8.76. The number of carbonyl (C=O) groups is 1. The molecule has 0 saturated carbocycles. The van der Waals surface area contributed by atoms with E-state index in [0.717, 1.165) is 32.6 Å². The summed E-state index contributed by atoms with van der Waals surface area (Å²) in [6, 6.07) is 3.89. The fourth-order valence-electron chi connectivity index (χ4n) is 1.87. The number of hydrogen-bond donors (Lipinski definition) is 2. The van der Waals surface area contributed by atoms with Crippen LogP contribution >= 0.6 is 23.1 Å². The molecule has 1 aliphatic rings. The van der Waals surface area contributed by atoms with Crippen LogP contribution in [0.2, 0.25) is 0 Å². The first-order chi connectivity index (χ1) is 8.72. The van der Waals surface area contributed by atoms with Crippen molar-refractivity contribution in [3.8, 4) is 0 Å². The monoisotopic (exact) mass is 277 g/mol. The summed E-state index contributed by atoms with van der Waals surface area (Å²) in [4.78, 5) is 16.5. The fraction of sp³-hybridized carbons (Fsp3) is 0.167. The number of aromatic nitrogens is 1. The molecule has 0 radical (unpaired) electrons. The second kappa shape index (κ2) is 4.62. The third kappa shape index (κ3) is 2.21. The Balaban J connectivity index is 1.95. The molecule has 1 aromatic heterocycles. The van der Waals surface area contributed by atoms with Crippen LogP contribution in [0.15, 0.2) is 32.9 Å². The lowest BCUT2D eigenvalue weighted by atomic mass is 10.0. The molecule has 0 bridgehead atoms. The van der Waals surface area contributed by atoms with Crippen LogP contribution in [0.5, 0.6) is 0 Å². The van der Waals surface area contributed by atoms with Crippen molar-refractivity contribution in [3.63, 3.8) is 0 Å². The average Bonchev–Trinajstić information content (AvgIpc) is 2.83. The van der Waals surface area contributed by atoms with Crippen LogP contribution < -0.4 is 11.1 Å². The van der Waals surface area contributed by atoms with Crippen molar-refractivity contribution in [2.24, 2.45) is 0 Å². The second-order valence-electron chi connectivity index (χ2n) is 4.00. The van der Waals surface area contributed by atoms with E-state index in [1.165, 1.54) is 11.8 Å². The van der Waals surface area contributed by atoms with E-state index in [1.807, 2.05) is 17.5 Å². The van der Waals surface area contributed by atoms with Crippen molar-refractivity contribution < 1.29 is 4.79 Å². The smallest absolute Gasteiger partial charge is 0.224 e. The van der Waals surface area contributed by atoms with Gasteiger partial charge in [0.1, 0.15) is 0 Å². The van der Waals surface area contributed by atoms with Crippen molar-refractivity contribution in [2.45, 2.75) is 22.1 Å². The molecule has 92 valence electrons. The number of aryl methyl sites for hydroxylation is 1. The summed E-state index contributed by atoms with van der Waals surface area (Å²) in [6.45, 7) is 0. The highest BCUT2D eigenvalue weighted by Gasteiger charge is 2.17. The first-order valence-electron chi connectivity index (χ1n) is 5.52. The number of hydrogen-bond acceptors (Lipinski definition) is 5. The zero-order chi connectivity index (χ0) is 12.5. The largest absolute Gasteiger partial charge is 0.398 e. The fourth-order valence-corrected chi connectivity index (χ4v) is 3.51. The van der Waals surface area contributed by atoms with E-state index in [4.69, 9.17) is 5.73 Å². The van der Waals surface area contributed by atoms with Crippen molar-refractivity contribution in [1.82, 2.24) is 4.98 Å². The Morgan fingerprint density at radius 2 is 2.28 bits per heavy atom. The zero-order valence-electron chi connectivity index (χ0n) is 9.47. The summed E-state index contributed by atoms with van der Waals surface area (Å²) in [5.74, 6) is 0.0671. The Hall–Kier alpha value is -1.53. The Morgan fingerprint density at radius 1 is 1.39 bits per heavy atom. The van der Waals surface area contributed by atoms with Crippen LogP contribution in [-0.2, 0) is 11.2 Å². The Kier molecular flexibility index (Phi) is 2.97. The number of carbonyl (C=O) groups excluding carboxylic acids is 1. The Bertz CT molecular complexity index is 596. The van der Waals surface area contributed by atoms with Crippen molar-refractivity contribution >= 4 is 40.4 Å². The van der Waals surface area contributed by atoms with Crippen molar-refractivity contribution in [3.05, 3.63) is 29.3 Å². The number of benzene rings is 1. The summed E-state index contributed by atoms with van der Waals surface area (Å²) in [7, 11) is 0. The van der Waals surface area contributed by atoms with Gasteiger partial charge in [-0.15, -0.1) is 11.3 Å². The number of nitrogen functional groups attached to an aromatic ring is 1. The Labute approximate surface area is 113 Å². The predicted octanol–water partition coefficient (Wildman–Crippen LogP) is 2.76. The van der Waals surface area contributed by atoms with E-state index in [1.54, 1.807) is 17.5 Å². The molecule has 1 amide bonds. The van der Waals surface area contributed by atoms with E-state index in [9.17, 15) is 4.79 Å². The Morgan fingerprint density at radius 3 is 3.06 bits per heavy atom. The van der Waals surface area contributed by atoms with Gasteiger partial charge in [0.2, 0.25) is 5.91 Å². The van der Waals surface area contributed by atoms with Gasteiger partial charge in [0.25, 0.3) is 0 Å². The van der Waals surface area contributed by atoms with Gasteiger partial charge in [0.15, 0.2) is 4.34 Å². The highest BCUT2D eigenvalue weighted by atomic mass is 32.2. The van der Waals surface area contributed by atoms with E-state index >= 15 is 0 Å². The molecule has 4 nitrogen and oxygen atoms in total. The maximum absolute atomic E-state index is 11.4. The summed E-state index contributed by atoms with van der Waals surface area (Å²) in [6.07, 6.45) is 3.06. The van der Waals surface area contributed by atoms with Gasteiger partial charge in [0.05, 0.1) is 0 Å². The molecule has 1 aliphatic heterocycles. The van der Waals surface area contributed by atoms with Gasteiger partial charge >= 0.3 is 0 Å². The van der Waals surface area contributed by atoms with E-state index < -0.39 is 0 Å². The number of fused-ring (bicyclic) bond motifs is 1. The average molecular weight is 277 g/mol. The van der Waals surface area contributed by atoms with Gasteiger partial charge in [-0.3, -0.25) is 4.79 Å². The van der Waals surface area contributed by atoms with Crippen molar-refractivity contribution in [2.75, 3.05) is 11.1 Å². The third-order valence-corrected chi connectivity index (χ3v) is 4.70. The second-order valence-corrected chi connectivity index (χ2v) is 6.18. The first kappa shape index (κ1) is 11.6. The van der Waals surface area contributed by atoms with Crippen LogP contribution in [0, 0.1) is 0 Å². The van der Waals surface area contributed by atoms with Gasteiger partial charge < -0.3 is 11.1 Å². The minimum absolute atomic E-state index is 0.0671. The highest BCUT2D eigenvalue weighted by Crippen LogP contribution is 2.37. The van der Waals surface area contributed by atoms with Gasteiger partial charge in [-0.2, -0.15) is 0 Å². The molecule has 0 aliphatic carbocycles. The molecule has 0 fully saturated rings. The molecule has 18 heavy (non-hydrogen) atoms. The van der Waals surface area contributed by atoms with Gasteiger partial charge in [-0.1, -0.05) is 11.8 Å². The summed E-state index contributed by atoms with van der Waals surface area (Å²) in [5, 5.41) is 4.81. The van der Waals surface area contributed by atoms with Crippen LogP contribution in [0.1, 0.15) is 12.0 Å². The summed E-state index contributed by atoms with van der Waals surface area (Å²) >= 11 is 3.10.